The smallest absolute Gasteiger partial charge is 0.121 e. The van der Waals surface area contributed by atoms with Crippen LogP contribution in [0.15, 0.2) is 42.5 Å². The maximum atomic E-state index is 6.16. The first kappa shape index (κ1) is 11.6. The van der Waals surface area contributed by atoms with E-state index in [0.29, 0.717) is 16.6 Å². The molecule has 0 saturated heterocycles. The Labute approximate surface area is 115 Å². The van der Waals surface area contributed by atoms with Gasteiger partial charge >= 0.3 is 0 Å². The van der Waals surface area contributed by atoms with Gasteiger partial charge in [-0.3, -0.25) is 4.68 Å². The number of hydrogen-bond acceptors (Lipinski definition) is 1. The fraction of sp³-hybridized carbons (Fsp3) is 0.0714. The molecule has 3 rings (SSSR count). The Morgan fingerprint density at radius 3 is 2.78 bits per heavy atom. The van der Waals surface area contributed by atoms with Crippen LogP contribution in [0.4, 0.5) is 0 Å². The molecule has 2 aromatic carbocycles. The molecule has 0 aliphatic heterocycles. The van der Waals surface area contributed by atoms with Gasteiger partial charge in [-0.2, -0.15) is 5.10 Å². The second kappa shape index (κ2) is 4.63. The van der Waals surface area contributed by atoms with Crippen LogP contribution in [0.25, 0.3) is 10.9 Å². The molecule has 0 fully saturated rings. The first-order valence-corrected chi connectivity index (χ1v) is 6.27. The molecule has 1 radical (unpaired) electrons. The summed E-state index contributed by atoms with van der Waals surface area (Å²) in [5, 5.41) is 6.55. The van der Waals surface area contributed by atoms with Crippen LogP contribution in [0.1, 0.15) is 5.56 Å². The number of nitrogens with zero attached hydrogens (tertiary/aromatic N) is 2. The van der Waals surface area contributed by atoms with Gasteiger partial charge in [0.25, 0.3) is 0 Å². The summed E-state index contributed by atoms with van der Waals surface area (Å²) in [7, 11) is 0. The molecule has 0 N–H and O–H groups in total. The predicted octanol–water partition coefficient (Wildman–Crippen LogP) is 4.19. The predicted molar refractivity (Wildman–Crippen MR) is 74.1 cm³/mol. The molecule has 0 saturated carbocycles. The van der Waals surface area contributed by atoms with Gasteiger partial charge in [0.2, 0.25) is 0 Å². The molecule has 0 amide bonds. The van der Waals surface area contributed by atoms with E-state index in [1.54, 1.807) is 6.07 Å². The molecule has 0 bridgehead atoms. The molecule has 89 valence electrons. The summed E-state index contributed by atoms with van der Waals surface area (Å²) in [5.41, 5.74) is 2.03. The van der Waals surface area contributed by atoms with Gasteiger partial charge in [0.15, 0.2) is 0 Å². The van der Waals surface area contributed by atoms with E-state index in [1.807, 2.05) is 41.1 Å². The molecule has 4 heteroatoms. The van der Waals surface area contributed by atoms with Gasteiger partial charge in [-0.1, -0.05) is 47.5 Å². The van der Waals surface area contributed by atoms with E-state index >= 15 is 0 Å². The summed E-state index contributed by atoms with van der Waals surface area (Å²) >= 11 is 12.0. The summed E-state index contributed by atoms with van der Waals surface area (Å²) in [4.78, 5) is 0. The number of rotatable bonds is 2. The van der Waals surface area contributed by atoms with Gasteiger partial charge in [0, 0.05) is 15.4 Å². The van der Waals surface area contributed by atoms with Crippen molar-refractivity contribution in [2.24, 2.45) is 0 Å². The lowest BCUT2D eigenvalue weighted by Crippen LogP contribution is -2.01. The van der Waals surface area contributed by atoms with E-state index in [1.165, 1.54) is 0 Å². The Kier molecular flexibility index (Phi) is 2.98. The van der Waals surface area contributed by atoms with Gasteiger partial charge in [-0.15, -0.1) is 0 Å². The van der Waals surface area contributed by atoms with Crippen LogP contribution in [0.3, 0.4) is 0 Å². The van der Waals surface area contributed by atoms with Crippen molar-refractivity contribution in [3.8, 4) is 0 Å². The third kappa shape index (κ3) is 2.09. The van der Waals surface area contributed by atoms with Crippen molar-refractivity contribution in [1.29, 1.82) is 0 Å². The second-order valence-corrected chi connectivity index (χ2v) is 4.87. The van der Waals surface area contributed by atoms with E-state index in [-0.39, 0.29) is 0 Å². The molecule has 18 heavy (non-hydrogen) atoms. The fourth-order valence-corrected chi connectivity index (χ4v) is 2.36. The topological polar surface area (TPSA) is 17.8 Å². The monoisotopic (exact) mass is 275 g/mol. The highest BCUT2D eigenvalue weighted by Crippen LogP contribution is 2.23. The van der Waals surface area contributed by atoms with E-state index in [2.05, 4.69) is 11.3 Å². The number of benzene rings is 2. The number of aromatic nitrogens is 2. The van der Waals surface area contributed by atoms with Crippen molar-refractivity contribution >= 4 is 34.1 Å². The molecule has 0 atom stereocenters. The van der Waals surface area contributed by atoms with Gasteiger partial charge in [-0.05, 0) is 23.8 Å². The van der Waals surface area contributed by atoms with Gasteiger partial charge in [0.1, 0.15) is 6.20 Å². The molecule has 0 aliphatic carbocycles. The average Bonchev–Trinajstić information content (AvgIpc) is 2.76. The highest BCUT2D eigenvalue weighted by molar-refractivity contribution is 6.35. The van der Waals surface area contributed by atoms with E-state index in [0.717, 1.165) is 16.5 Å². The number of fused-ring (bicyclic) bond motifs is 1. The van der Waals surface area contributed by atoms with Crippen LogP contribution in [0.2, 0.25) is 10.0 Å². The zero-order valence-electron chi connectivity index (χ0n) is 9.40. The first-order valence-electron chi connectivity index (χ1n) is 5.51. The Morgan fingerprint density at radius 1 is 1.11 bits per heavy atom. The summed E-state index contributed by atoms with van der Waals surface area (Å²) < 4.78 is 1.88. The van der Waals surface area contributed by atoms with E-state index < -0.39 is 0 Å². The SMILES string of the molecule is Clc1ccc(Cn2n[c]c3ccccc32)c(Cl)c1. The maximum Gasteiger partial charge on any atom is 0.121 e. The summed E-state index contributed by atoms with van der Waals surface area (Å²) in [6.07, 6.45) is 2.98. The highest BCUT2D eigenvalue weighted by Gasteiger charge is 2.06. The molecular formula is C14H9Cl2N2. The van der Waals surface area contributed by atoms with Crippen molar-refractivity contribution in [2.45, 2.75) is 6.54 Å². The van der Waals surface area contributed by atoms with Crippen LogP contribution >= 0.6 is 23.2 Å². The molecule has 1 heterocycles. The van der Waals surface area contributed by atoms with Crippen LogP contribution < -0.4 is 0 Å². The Morgan fingerprint density at radius 2 is 1.94 bits per heavy atom. The van der Waals surface area contributed by atoms with Crippen molar-refractivity contribution in [3.63, 3.8) is 0 Å². The largest absolute Gasteiger partial charge is 0.260 e. The summed E-state index contributed by atoms with van der Waals surface area (Å²) in [6.45, 7) is 0.611. The van der Waals surface area contributed by atoms with Crippen LogP contribution in [-0.4, -0.2) is 9.78 Å². The van der Waals surface area contributed by atoms with Crippen molar-refractivity contribution < 1.29 is 0 Å². The van der Waals surface area contributed by atoms with Crippen molar-refractivity contribution in [2.75, 3.05) is 0 Å². The molecular weight excluding hydrogens is 267 g/mol. The van der Waals surface area contributed by atoms with E-state index in [4.69, 9.17) is 23.2 Å². The molecule has 0 unspecified atom stereocenters. The van der Waals surface area contributed by atoms with Crippen LogP contribution in [-0.2, 0) is 6.54 Å². The van der Waals surface area contributed by atoms with Crippen LogP contribution in [0, 0.1) is 6.20 Å². The molecule has 0 spiro atoms. The minimum absolute atomic E-state index is 0.611. The standard InChI is InChI=1S/C14H9Cl2N2/c15-12-6-5-11(13(16)7-12)9-18-14-4-2-1-3-10(14)8-17-18/h1-7H,9H2. The Bertz CT molecular complexity index is 704. The van der Waals surface area contributed by atoms with Crippen molar-refractivity contribution in [1.82, 2.24) is 9.78 Å². The lowest BCUT2D eigenvalue weighted by atomic mass is 10.2. The van der Waals surface area contributed by atoms with E-state index in [9.17, 15) is 0 Å². The third-order valence-corrected chi connectivity index (χ3v) is 3.40. The molecule has 3 aromatic rings. The number of halogens is 2. The zero-order chi connectivity index (χ0) is 12.5. The normalized spacial score (nSPS) is 11.0. The maximum absolute atomic E-state index is 6.16. The van der Waals surface area contributed by atoms with Crippen LogP contribution in [0.5, 0.6) is 0 Å². The van der Waals surface area contributed by atoms with Gasteiger partial charge in [0.05, 0.1) is 12.1 Å². The third-order valence-electron chi connectivity index (χ3n) is 2.81. The fourth-order valence-electron chi connectivity index (χ4n) is 1.89. The molecule has 1 aromatic heterocycles. The Balaban J connectivity index is 2.01. The lowest BCUT2D eigenvalue weighted by Gasteiger charge is -2.06. The molecule has 2 nitrogen and oxygen atoms in total. The number of para-hydroxylation sites is 1. The zero-order valence-corrected chi connectivity index (χ0v) is 10.9. The molecule has 0 aliphatic rings. The summed E-state index contributed by atoms with van der Waals surface area (Å²) in [5.74, 6) is 0. The van der Waals surface area contributed by atoms with Gasteiger partial charge < -0.3 is 0 Å². The van der Waals surface area contributed by atoms with Crippen molar-refractivity contribution in [3.05, 3.63) is 64.3 Å². The minimum Gasteiger partial charge on any atom is -0.260 e. The average molecular weight is 276 g/mol. The summed E-state index contributed by atoms with van der Waals surface area (Å²) in [6, 6.07) is 13.5. The number of hydrogen-bond donors (Lipinski definition) is 0. The van der Waals surface area contributed by atoms with Gasteiger partial charge in [-0.25, -0.2) is 0 Å². The second-order valence-electron chi connectivity index (χ2n) is 4.02. The highest BCUT2D eigenvalue weighted by atomic mass is 35.5. The first-order chi connectivity index (χ1) is 8.74. The minimum atomic E-state index is 0.611. The Hall–Kier alpha value is -1.51. The quantitative estimate of drug-likeness (QED) is 0.686. The lowest BCUT2D eigenvalue weighted by molar-refractivity contribution is 0.710.